The summed E-state index contributed by atoms with van der Waals surface area (Å²) in [5.41, 5.74) is 0.0810. The largest absolute Gasteiger partial charge is 0.444 e. The van der Waals surface area contributed by atoms with Gasteiger partial charge in [-0.2, -0.15) is 0 Å². The Labute approximate surface area is 226 Å². The SMILES string of the molecule is CC(C)(C)OC(=O)N1CCCC(NCC(CC(=O)N2CCOCC2)CS(=O)(=O)Cc2ccccc2)C(O)C1. The molecule has 2 fully saturated rings. The van der Waals surface area contributed by atoms with E-state index in [1.54, 1.807) is 49.9 Å². The number of benzene rings is 1. The van der Waals surface area contributed by atoms with E-state index in [-0.39, 0.29) is 43.0 Å². The second-order valence-electron chi connectivity index (χ2n) is 11.3. The van der Waals surface area contributed by atoms with Crippen LogP contribution in [-0.4, -0.2) is 105 Å². The van der Waals surface area contributed by atoms with Gasteiger partial charge < -0.3 is 29.7 Å². The third-order valence-electron chi connectivity index (χ3n) is 6.68. The number of amides is 2. The lowest BCUT2D eigenvalue weighted by atomic mass is 10.0. The Balaban J connectivity index is 1.64. The first kappa shape index (κ1) is 30.3. The Morgan fingerprint density at radius 1 is 1.13 bits per heavy atom. The van der Waals surface area contributed by atoms with Gasteiger partial charge in [0.1, 0.15) is 5.60 Å². The molecule has 10 nitrogen and oxygen atoms in total. The highest BCUT2D eigenvalue weighted by Gasteiger charge is 2.32. The fraction of sp³-hybridized carbons (Fsp3) is 0.704. The van der Waals surface area contributed by atoms with E-state index < -0.39 is 33.6 Å². The highest BCUT2D eigenvalue weighted by atomic mass is 32.2. The normalized spacial score (nSPS) is 22.0. The molecule has 0 aromatic heterocycles. The Kier molecular flexibility index (Phi) is 11.0. The van der Waals surface area contributed by atoms with Gasteiger partial charge in [-0.1, -0.05) is 30.3 Å². The monoisotopic (exact) mass is 553 g/mol. The van der Waals surface area contributed by atoms with Gasteiger partial charge in [0.05, 0.1) is 37.4 Å². The number of aliphatic hydroxyl groups is 1. The van der Waals surface area contributed by atoms with Crippen molar-refractivity contribution in [3.63, 3.8) is 0 Å². The van der Waals surface area contributed by atoms with Crippen LogP contribution < -0.4 is 5.32 Å². The number of ether oxygens (including phenoxy) is 2. The van der Waals surface area contributed by atoms with E-state index in [1.165, 1.54) is 4.90 Å². The van der Waals surface area contributed by atoms with Crippen LogP contribution in [0.4, 0.5) is 4.79 Å². The summed E-state index contributed by atoms with van der Waals surface area (Å²) < 4.78 is 37.0. The number of carbonyl (C=O) groups is 2. The van der Waals surface area contributed by atoms with Crippen molar-refractivity contribution in [3.8, 4) is 0 Å². The lowest BCUT2D eigenvalue weighted by Crippen LogP contribution is -2.48. The molecule has 2 amide bonds. The van der Waals surface area contributed by atoms with E-state index >= 15 is 0 Å². The van der Waals surface area contributed by atoms with Crippen LogP contribution >= 0.6 is 0 Å². The van der Waals surface area contributed by atoms with E-state index in [0.717, 1.165) is 0 Å². The van der Waals surface area contributed by atoms with Gasteiger partial charge in [-0.3, -0.25) is 4.79 Å². The lowest BCUT2D eigenvalue weighted by Gasteiger charge is -2.30. The molecule has 38 heavy (non-hydrogen) atoms. The standard InChI is InChI=1S/C27H43N3O7S/c1-27(2,3)37-26(33)30-11-7-10-23(24(31)18-30)28-17-22(16-25(32)29-12-14-36-15-13-29)20-38(34,35)19-21-8-5-4-6-9-21/h4-6,8-9,22-24,28,31H,7,10-20H2,1-3H3. The maximum Gasteiger partial charge on any atom is 0.410 e. The Morgan fingerprint density at radius 3 is 2.47 bits per heavy atom. The molecule has 214 valence electrons. The van der Waals surface area contributed by atoms with Crippen molar-refractivity contribution in [2.24, 2.45) is 5.92 Å². The van der Waals surface area contributed by atoms with Crippen molar-refractivity contribution >= 4 is 21.8 Å². The summed E-state index contributed by atoms with van der Waals surface area (Å²) in [6.07, 6.45) is 0.0621. The number of sulfone groups is 1. The van der Waals surface area contributed by atoms with Crippen molar-refractivity contribution in [1.29, 1.82) is 0 Å². The average Bonchev–Trinajstić information content (AvgIpc) is 3.03. The number of hydrogen-bond donors (Lipinski definition) is 2. The molecule has 3 atom stereocenters. The molecular formula is C27H43N3O7S. The van der Waals surface area contributed by atoms with E-state index in [0.29, 0.717) is 51.3 Å². The summed E-state index contributed by atoms with van der Waals surface area (Å²) >= 11 is 0. The van der Waals surface area contributed by atoms with Gasteiger partial charge in [0, 0.05) is 32.1 Å². The Hall–Kier alpha value is -2.21. The zero-order valence-electron chi connectivity index (χ0n) is 22.8. The van der Waals surface area contributed by atoms with Crippen molar-refractivity contribution in [3.05, 3.63) is 35.9 Å². The number of rotatable bonds is 9. The summed E-state index contributed by atoms with van der Waals surface area (Å²) in [7, 11) is -3.49. The van der Waals surface area contributed by atoms with Crippen LogP contribution in [-0.2, 0) is 29.9 Å². The summed E-state index contributed by atoms with van der Waals surface area (Å²) in [4.78, 5) is 28.8. The molecule has 2 N–H and O–H groups in total. The number of morpholine rings is 1. The predicted molar refractivity (Wildman–Crippen MR) is 144 cm³/mol. The minimum Gasteiger partial charge on any atom is -0.444 e. The number of aliphatic hydroxyl groups excluding tert-OH is 1. The van der Waals surface area contributed by atoms with Gasteiger partial charge in [-0.15, -0.1) is 0 Å². The molecule has 0 spiro atoms. The molecule has 1 aromatic carbocycles. The maximum atomic E-state index is 13.1. The van der Waals surface area contributed by atoms with Gasteiger partial charge in [-0.05, 0) is 51.6 Å². The van der Waals surface area contributed by atoms with Crippen LogP contribution in [0.15, 0.2) is 30.3 Å². The second-order valence-corrected chi connectivity index (χ2v) is 13.4. The smallest absolute Gasteiger partial charge is 0.410 e. The fourth-order valence-electron chi connectivity index (χ4n) is 4.81. The van der Waals surface area contributed by atoms with Crippen LogP contribution in [0, 0.1) is 5.92 Å². The quantitative estimate of drug-likeness (QED) is 0.474. The molecule has 2 aliphatic rings. The van der Waals surface area contributed by atoms with Gasteiger partial charge in [0.25, 0.3) is 0 Å². The molecule has 0 bridgehead atoms. The third-order valence-corrected chi connectivity index (χ3v) is 8.43. The van der Waals surface area contributed by atoms with Crippen LogP contribution in [0.3, 0.4) is 0 Å². The molecule has 3 unspecified atom stereocenters. The number of carbonyl (C=O) groups excluding carboxylic acids is 2. The van der Waals surface area contributed by atoms with Gasteiger partial charge in [0.15, 0.2) is 9.84 Å². The van der Waals surface area contributed by atoms with E-state index in [4.69, 9.17) is 9.47 Å². The summed E-state index contributed by atoms with van der Waals surface area (Å²) in [5, 5.41) is 14.2. The van der Waals surface area contributed by atoms with Crippen LogP contribution in [0.25, 0.3) is 0 Å². The molecule has 0 radical (unpaired) electrons. The minimum atomic E-state index is -3.49. The number of nitrogens with zero attached hydrogens (tertiary/aromatic N) is 2. The first-order chi connectivity index (χ1) is 17.9. The van der Waals surface area contributed by atoms with E-state index in [2.05, 4.69) is 5.32 Å². The number of nitrogens with one attached hydrogen (secondary N) is 1. The molecule has 11 heteroatoms. The number of likely N-dealkylation sites (tertiary alicyclic amines) is 1. The average molecular weight is 554 g/mol. The third kappa shape index (κ3) is 10.2. The maximum absolute atomic E-state index is 13.1. The van der Waals surface area contributed by atoms with Crippen LogP contribution in [0.2, 0.25) is 0 Å². The number of β-amino-alcohol motifs (C(OH)–C–C–N with tert-alkyl or cyclic N) is 1. The fourth-order valence-corrected chi connectivity index (χ4v) is 6.58. The van der Waals surface area contributed by atoms with Gasteiger partial charge in [-0.25, -0.2) is 13.2 Å². The van der Waals surface area contributed by atoms with E-state index in [1.807, 2.05) is 6.07 Å². The molecule has 2 saturated heterocycles. The van der Waals surface area contributed by atoms with Gasteiger partial charge >= 0.3 is 6.09 Å². The summed E-state index contributed by atoms with van der Waals surface area (Å²) in [6.45, 7) is 8.19. The molecule has 2 heterocycles. The Morgan fingerprint density at radius 2 is 1.82 bits per heavy atom. The first-order valence-electron chi connectivity index (χ1n) is 13.4. The zero-order valence-corrected chi connectivity index (χ0v) is 23.6. The summed E-state index contributed by atoms with van der Waals surface area (Å²) in [5.74, 6) is -0.783. The summed E-state index contributed by atoms with van der Waals surface area (Å²) in [6, 6.07) is 8.68. The highest BCUT2D eigenvalue weighted by Crippen LogP contribution is 2.19. The van der Waals surface area contributed by atoms with Crippen LogP contribution in [0.1, 0.15) is 45.6 Å². The van der Waals surface area contributed by atoms with Crippen molar-refractivity contribution in [2.45, 2.75) is 63.5 Å². The second kappa shape index (κ2) is 13.7. The zero-order chi connectivity index (χ0) is 27.8. The highest BCUT2D eigenvalue weighted by molar-refractivity contribution is 7.90. The van der Waals surface area contributed by atoms with Crippen LogP contribution in [0.5, 0.6) is 0 Å². The molecule has 3 rings (SSSR count). The van der Waals surface area contributed by atoms with Gasteiger partial charge in [0.2, 0.25) is 5.91 Å². The predicted octanol–water partition coefficient (Wildman–Crippen LogP) is 1.82. The molecule has 0 aliphatic carbocycles. The molecule has 0 saturated carbocycles. The topological polar surface area (TPSA) is 125 Å². The lowest BCUT2D eigenvalue weighted by molar-refractivity contribution is -0.136. The molecule has 1 aromatic rings. The number of hydrogen-bond acceptors (Lipinski definition) is 8. The minimum absolute atomic E-state index is 0.0903. The Bertz CT molecular complexity index is 1010. The molecular weight excluding hydrogens is 510 g/mol. The van der Waals surface area contributed by atoms with Crippen molar-refractivity contribution in [2.75, 3.05) is 51.7 Å². The van der Waals surface area contributed by atoms with Crippen molar-refractivity contribution in [1.82, 2.24) is 15.1 Å². The van der Waals surface area contributed by atoms with Crippen molar-refractivity contribution < 1.29 is 32.6 Å². The molecule has 2 aliphatic heterocycles. The first-order valence-corrected chi connectivity index (χ1v) is 15.2. The van der Waals surface area contributed by atoms with E-state index in [9.17, 15) is 23.1 Å².